The van der Waals surface area contributed by atoms with Crippen LogP contribution in [0.2, 0.25) is 0 Å². The summed E-state index contributed by atoms with van der Waals surface area (Å²) in [6, 6.07) is 0. The molecule has 2 heterocycles. The van der Waals surface area contributed by atoms with Crippen LogP contribution < -0.4 is 0 Å². The van der Waals surface area contributed by atoms with Crippen molar-refractivity contribution in [1.82, 2.24) is 0 Å². The van der Waals surface area contributed by atoms with Crippen molar-refractivity contribution in [3.63, 3.8) is 0 Å². The third-order valence-corrected chi connectivity index (χ3v) is 1.82. The molecule has 0 bridgehead atoms. The Morgan fingerprint density at radius 3 is 1.94 bits per heavy atom. The molecule has 0 radical (unpaired) electrons. The third-order valence-electron chi connectivity index (χ3n) is 1.82. The summed E-state index contributed by atoms with van der Waals surface area (Å²) in [5.74, 6) is -0.875. The number of rotatable bonds is 5. The summed E-state index contributed by atoms with van der Waals surface area (Å²) >= 11 is 0. The first-order chi connectivity index (χ1) is 7.58. The standard InChI is InChI=1S/C6H10O3.C5H8O2/c1(5-3-8-5)7-2-6-4-9-6;1-4(2)3-5(6)7/h5-6H,1-4H2;3H,1-2H3,(H,6,7). The zero-order chi connectivity index (χ0) is 12.0. The molecule has 2 atom stereocenters. The first-order valence-electron chi connectivity index (χ1n) is 5.26. The van der Waals surface area contributed by atoms with Crippen LogP contribution in [0.5, 0.6) is 0 Å². The molecular weight excluding hydrogens is 212 g/mol. The fourth-order valence-corrected chi connectivity index (χ4v) is 0.906. The zero-order valence-corrected chi connectivity index (χ0v) is 9.64. The molecule has 0 spiro atoms. The van der Waals surface area contributed by atoms with Crippen molar-refractivity contribution in [2.24, 2.45) is 0 Å². The predicted octanol–water partition coefficient (Wildman–Crippen LogP) is 0.838. The van der Waals surface area contributed by atoms with E-state index in [1.165, 1.54) is 6.08 Å². The van der Waals surface area contributed by atoms with E-state index in [9.17, 15) is 4.79 Å². The molecule has 2 rings (SSSR count). The Balaban J connectivity index is 0.000000168. The Kier molecular flexibility index (Phi) is 5.45. The molecule has 2 aliphatic heterocycles. The maximum absolute atomic E-state index is 9.73. The second-order valence-electron chi connectivity index (χ2n) is 4.01. The van der Waals surface area contributed by atoms with Gasteiger partial charge in [-0.25, -0.2) is 4.79 Å². The molecule has 0 aromatic heterocycles. The summed E-state index contributed by atoms with van der Waals surface area (Å²) in [6.07, 6.45) is 1.95. The Bertz CT molecular complexity index is 237. The van der Waals surface area contributed by atoms with E-state index in [-0.39, 0.29) is 0 Å². The number of ether oxygens (including phenoxy) is 3. The number of carboxylic acid groups (broad SMARTS) is 1. The van der Waals surface area contributed by atoms with Crippen LogP contribution in [0.1, 0.15) is 13.8 Å². The molecule has 2 fully saturated rings. The van der Waals surface area contributed by atoms with Gasteiger partial charge in [0.1, 0.15) is 12.2 Å². The maximum Gasteiger partial charge on any atom is 0.328 e. The van der Waals surface area contributed by atoms with E-state index in [1.54, 1.807) is 13.8 Å². The van der Waals surface area contributed by atoms with Gasteiger partial charge in [-0.2, -0.15) is 0 Å². The molecule has 0 aromatic rings. The van der Waals surface area contributed by atoms with E-state index in [1.807, 2.05) is 0 Å². The monoisotopic (exact) mass is 230 g/mol. The van der Waals surface area contributed by atoms with Crippen molar-refractivity contribution < 1.29 is 24.1 Å². The van der Waals surface area contributed by atoms with Crippen LogP contribution in [0.25, 0.3) is 0 Å². The molecule has 2 aliphatic rings. The molecule has 0 aromatic carbocycles. The number of carboxylic acids is 1. The maximum atomic E-state index is 9.73. The molecule has 0 saturated carbocycles. The Morgan fingerprint density at radius 1 is 1.31 bits per heavy atom. The lowest BCUT2D eigenvalue weighted by molar-refractivity contribution is -0.131. The molecule has 16 heavy (non-hydrogen) atoms. The van der Waals surface area contributed by atoms with Crippen LogP contribution >= 0.6 is 0 Å². The fraction of sp³-hybridized carbons (Fsp3) is 0.727. The van der Waals surface area contributed by atoms with E-state index in [2.05, 4.69) is 0 Å². The largest absolute Gasteiger partial charge is 0.478 e. The van der Waals surface area contributed by atoms with Crippen molar-refractivity contribution in [2.45, 2.75) is 26.1 Å². The highest BCUT2D eigenvalue weighted by atomic mass is 16.6. The molecule has 5 heteroatoms. The van der Waals surface area contributed by atoms with Crippen molar-refractivity contribution in [1.29, 1.82) is 0 Å². The topological polar surface area (TPSA) is 71.6 Å². The van der Waals surface area contributed by atoms with Gasteiger partial charge in [0.15, 0.2) is 0 Å². The summed E-state index contributed by atoms with van der Waals surface area (Å²) in [6.45, 7) is 6.75. The quantitative estimate of drug-likeness (QED) is 0.559. The lowest BCUT2D eigenvalue weighted by atomic mass is 10.3. The first-order valence-corrected chi connectivity index (χ1v) is 5.26. The minimum atomic E-state index is -0.875. The lowest BCUT2D eigenvalue weighted by Gasteiger charge is -1.95. The molecule has 0 aliphatic carbocycles. The van der Waals surface area contributed by atoms with Gasteiger partial charge in [0, 0.05) is 6.08 Å². The summed E-state index contributed by atoms with van der Waals surface area (Å²) in [5.41, 5.74) is 0.813. The zero-order valence-electron chi connectivity index (χ0n) is 9.64. The molecule has 92 valence electrons. The first kappa shape index (κ1) is 13.2. The number of allylic oxidation sites excluding steroid dienone is 1. The second kappa shape index (κ2) is 6.62. The van der Waals surface area contributed by atoms with Crippen LogP contribution in [-0.4, -0.2) is 49.7 Å². The van der Waals surface area contributed by atoms with Crippen LogP contribution in [0.3, 0.4) is 0 Å². The van der Waals surface area contributed by atoms with E-state index in [0.29, 0.717) is 12.2 Å². The Morgan fingerprint density at radius 2 is 1.75 bits per heavy atom. The molecule has 2 saturated heterocycles. The fourth-order valence-electron chi connectivity index (χ4n) is 0.906. The van der Waals surface area contributed by atoms with Gasteiger partial charge in [0.05, 0.1) is 26.4 Å². The van der Waals surface area contributed by atoms with Crippen molar-refractivity contribution in [2.75, 3.05) is 26.4 Å². The minimum Gasteiger partial charge on any atom is -0.478 e. The van der Waals surface area contributed by atoms with Crippen molar-refractivity contribution >= 4 is 5.97 Å². The Labute approximate surface area is 95.0 Å². The Hall–Kier alpha value is -0.910. The van der Waals surface area contributed by atoms with Gasteiger partial charge in [-0.1, -0.05) is 5.57 Å². The SMILES string of the molecule is C(OCC1CO1)C1CO1.CC(C)=CC(=O)O. The predicted molar refractivity (Wildman–Crippen MR) is 57.4 cm³/mol. The molecular formula is C11H18O5. The van der Waals surface area contributed by atoms with Crippen LogP contribution in [0.15, 0.2) is 11.6 Å². The van der Waals surface area contributed by atoms with Gasteiger partial charge in [-0.15, -0.1) is 0 Å². The highest BCUT2D eigenvalue weighted by Gasteiger charge is 2.26. The van der Waals surface area contributed by atoms with Gasteiger partial charge in [-0.3, -0.25) is 0 Å². The highest BCUT2D eigenvalue weighted by molar-refractivity contribution is 5.80. The normalized spacial score (nSPS) is 25.1. The van der Waals surface area contributed by atoms with E-state index in [4.69, 9.17) is 19.3 Å². The number of hydrogen-bond donors (Lipinski definition) is 1. The average molecular weight is 230 g/mol. The van der Waals surface area contributed by atoms with Crippen molar-refractivity contribution in [3.8, 4) is 0 Å². The summed E-state index contributed by atoms with van der Waals surface area (Å²) in [5, 5.41) is 8.01. The van der Waals surface area contributed by atoms with Crippen LogP contribution in [0, 0.1) is 0 Å². The molecule has 5 nitrogen and oxygen atoms in total. The summed E-state index contributed by atoms with van der Waals surface area (Å²) in [4.78, 5) is 9.73. The van der Waals surface area contributed by atoms with Crippen LogP contribution in [-0.2, 0) is 19.0 Å². The smallest absolute Gasteiger partial charge is 0.328 e. The van der Waals surface area contributed by atoms with Crippen LogP contribution in [0.4, 0.5) is 0 Å². The van der Waals surface area contributed by atoms with Gasteiger partial charge in [0.2, 0.25) is 0 Å². The average Bonchev–Trinajstić information content (AvgIpc) is 2.96. The summed E-state index contributed by atoms with van der Waals surface area (Å²) in [7, 11) is 0. The van der Waals surface area contributed by atoms with Gasteiger partial charge < -0.3 is 19.3 Å². The number of hydrogen-bond acceptors (Lipinski definition) is 4. The van der Waals surface area contributed by atoms with Gasteiger partial charge in [-0.05, 0) is 13.8 Å². The number of epoxide rings is 2. The van der Waals surface area contributed by atoms with Gasteiger partial charge in [0.25, 0.3) is 0 Å². The molecule has 1 N–H and O–H groups in total. The number of aliphatic carboxylic acids is 1. The van der Waals surface area contributed by atoms with E-state index < -0.39 is 5.97 Å². The summed E-state index contributed by atoms with van der Waals surface area (Å²) < 4.78 is 15.1. The molecule has 0 amide bonds. The molecule has 2 unspecified atom stereocenters. The van der Waals surface area contributed by atoms with Crippen molar-refractivity contribution in [3.05, 3.63) is 11.6 Å². The second-order valence-corrected chi connectivity index (χ2v) is 4.01. The van der Waals surface area contributed by atoms with E-state index >= 15 is 0 Å². The third kappa shape index (κ3) is 8.40. The highest BCUT2D eigenvalue weighted by Crippen LogP contribution is 2.12. The van der Waals surface area contributed by atoms with Gasteiger partial charge >= 0.3 is 5.97 Å². The van der Waals surface area contributed by atoms with E-state index in [0.717, 1.165) is 32.0 Å². The number of carbonyl (C=O) groups is 1. The lowest BCUT2D eigenvalue weighted by Crippen LogP contribution is -2.06. The minimum absolute atomic E-state index is 0.392.